The number of carbonyl (C=O) groups is 1. The molecular weight excluding hydrogens is 214 g/mol. The SMILES string of the molecule is CCC(C#N)C(=O)N(C)c1ccccc1C#N. The van der Waals surface area contributed by atoms with Crippen LogP contribution in [-0.4, -0.2) is 13.0 Å². The summed E-state index contributed by atoms with van der Waals surface area (Å²) in [7, 11) is 1.58. The van der Waals surface area contributed by atoms with Gasteiger partial charge in [0.2, 0.25) is 5.91 Å². The van der Waals surface area contributed by atoms with Gasteiger partial charge in [-0.1, -0.05) is 19.1 Å². The molecular formula is C13H13N3O. The third-order valence-electron chi connectivity index (χ3n) is 2.58. The molecule has 0 fully saturated rings. The third-order valence-corrected chi connectivity index (χ3v) is 2.58. The Morgan fingerprint density at radius 3 is 2.59 bits per heavy atom. The topological polar surface area (TPSA) is 67.9 Å². The van der Waals surface area contributed by atoms with Crippen LogP contribution in [0.4, 0.5) is 5.69 Å². The number of rotatable bonds is 3. The normalized spacial score (nSPS) is 11.1. The number of para-hydroxylation sites is 1. The first-order valence-electron chi connectivity index (χ1n) is 5.32. The van der Waals surface area contributed by atoms with Crippen LogP contribution in [0.3, 0.4) is 0 Å². The highest BCUT2D eigenvalue weighted by atomic mass is 16.2. The van der Waals surface area contributed by atoms with E-state index in [1.165, 1.54) is 4.90 Å². The molecule has 0 saturated heterocycles. The number of hydrogen-bond donors (Lipinski definition) is 0. The van der Waals surface area contributed by atoms with Gasteiger partial charge >= 0.3 is 0 Å². The molecule has 0 aliphatic rings. The van der Waals surface area contributed by atoms with Crippen LogP contribution in [0.1, 0.15) is 18.9 Å². The van der Waals surface area contributed by atoms with E-state index < -0.39 is 5.92 Å². The van der Waals surface area contributed by atoms with E-state index in [9.17, 15) is 4.79 Å². The van der Waals surface area contributed by atoms with Crippen molar-refractivity contribution in [1.29, 1.82) is 10.5 Å². The summed E-state index contributed by atoms with van der Waals surface area (Å²) in [5.74, 6) is -0.940. The quantitative estimate of drug-likeness (QED) is 0.793. The Bertz CT molecular complexity index is 496. The maximum Gasteiger partial charge on any atom is 0.244 e. The van der Waals surface area contributed by atoms with Crippen LogP contribution < -0.4 is 4.90 Å². The summed E-state index contributed by atoms with van der Waals surface area (Å²) >= 11 is 0. The molecule has 0 aliphatic carbocycles. The summed E-state index contributed by atoms with van der Waals surface area (Å²) in [5.41, 5.74) is 0.963. The molecule has 1 rings (SSSR count). The molecule has 0 bridgehead atoms. The van der Waals surface area contributed by atoms with Crippen LogP contribution >= 0.6 is 0 Å². The molecule has 4 heteroatoms. The molecule has 86 valence electrons. The minimum absolute atomic E-state index is 0.280. The van der Waals surface area contributed by atoms with Crippen molar-refractivity contribution < 1.29 is 4.79 Å². The minimum atomic E-state index is -0.660. The van der Waals surface area contributed by atoms with E-state index in [1.54, 1.807) is 38.2 Å². The summed E-state index contributed by atoms with van der Waals surface area (Å²) in [6.45, 7) is 1.79. The van der Waals surface area contributed by atoms with E-state index in [1.807, 2.05) is 12.1 Å². The number of amides is 1. The molecule has 0 N–H and O–H groups in total. The first kappa shape index (κ1) is 12.7. The van der Waals surface area contributed by atoms with Crippen molar-refractivity contribution in [3.05, 3.63) is 29.8 Å². The first-order valence-corrected chi connectivity index (χ1v) is 5.32. The Kier molecular flexibility index (Phi) is 4.25. The summed E-state index contributed by atoms with van der Waals surface area (Å²) < 4.78 is 0. The Balaban J connectivity index is 3.06. The van der Waals surface area contributed by atoms with Gasteiger partial charge in [0.15, 0.2) is 0 Å². The van der Waals surface area contributed by atoms with Gasteiger partial charge in [-0.2, -0.15) is 10.5 Å². The average molecular weight is 227 g/mol. The van der Waals surface area contributed by atoms with Gasteiger partial charge in [-0.15, -0.1) is 0 Å². The zero-order valence-electron chi connectivity index (χ0n) is 9.84. The smallest absolute Gasteiger partial charge is 0.244 e. The van der Waals surface area contributed by atoms with Gasteiger partial charge in [0.1, 0.15) is 12.0 Å². The molecule has 0 spiro atoms. The Morgan fingerprint density at radius 2 is 2.06 bits per heavy atom. The minimum Gasteiger partial charge on any atom is -0.313 e. The number of hydrogen-bond acceptors (Lipinski definition) is 3. The molecule has 4 nitrogen and oxygen atoms in total. The van der Waals surface area contributed by atoms with Crippen LogP contribution in [0.2, 0.25) is 0 Å². The fourth-order valence-corrected chi connectivity index (χ4v) is 1.53. The molecule has 1 amide bonds. The second-order valence-electron chi connectivity index (χ2n) is 3.62. The number of carbonyl (C=O) groups excluding carboxylic acids is 1. The van der Waals surface area contributed by atoms with E-state index in [-0.39, 0.29) is 5.91 Å². The van der Waals surface area contributed by atoms with E-state index in [0.29, 0.717) is 17.7 Å². The van der Waals surface area contributed by atoms with E-state index in [0.717, 1.165) is 0 Å². The Morgan fingerprint density at radius 1 is 1.41 bits per heavy atom. The van der Waals surface area contributed by atoms with Crippen molar-refractivity contribution >= 4 is 11.6 Å². The maximum absolute atomic E-state index is 12.0. The highest BCUT2D eigenvalue weighted by molar-refractivity contribution is 5.97. The van der Waals surface area contributed by atoms with Crippen LogP contribution in [0.15, 0.2) is 24.3 Å². The number of benzene rings is 1. The Labute approximate surface area is 101 Å². The molecule has 0 radical (unpaired) electrons. The van der Waals surface area contributed by atoms with Gasteiger partial charge in [-0.25, -0.2) is 0 Å². The lowest BCUT2D eigenvalue weighted by Gasteiger charge is -2.20. The fraction of sp³-hybridized carbons (Fsp3) is 0.308. The van der Waals surface area contributed by atoms with Gasteiger partial charge in [0, 0.05) is 7.05 Å². The highest BCUT2D eigenvalue weighted by Crippen LogP contribution is 2.20. The second kappa shape index (κ2) is 5.67. The lowest BCUT2D eigenvalue weighted by Crippen LogP contribution is -2.32. The van der Waals surface area contributed by atoms with Gasteiger partial charge in [-0.3, -0.25) is 4.79 Å². The van der Waals surface area contributed by atoms with Gasteiger partial charge in [-0.05, 0) is 18.6 Å². The third kappa shape index (κ3) is 2.62. The van der Waals surface area contributed by atoms with Crippen molar-refractivity contribution in [2.24, 2.45) is 5.92 Å². The number of nitrogens with zero attached hydrogens (tertiary/aromatic N) is 3. The number of nitriles is 2. The fourth-order valence-electron chi connectivity index (χ4n) is 1.53. The van der Waals surface area contributed by atoms with Gasteiger partial charge in [0.25, 0.3) is 0 Å². The monoisotopic (exact) mass is 227 g/mol. The van der Waals surface area contributed by atoms with Crippen LogP contribution in [-0.2, 0) is 4.79 Å². The van der Waals surface area contributed by atoms with Crippen LogP contribution in [0.5, 0.6) is 0 Å². The maximum atomic E-state index is 12.0. The standard InChI is InChI=1S/C13H13N3O/c1-3-10(8-14)13(17)16(2)12-7-5-4-6-11(12)9-15/h4-7,10H,3H2,1-2H3. The molecule has 1 aromatic rings. The zero-order valence-corrected chi connectivity index (χ0v) is 9.84. The summed E-state index contributed by atoms with van der Waals surface area (Å²) in [4.78, 5) is 13.3. The van der Waals surface area contributed by atoms with E-state index >= 15 is 0 Å². The van der Waals surface area contributed by atoms with Crippen molar-refractivity contribution in [2.75, 3.05) is 11.9 Å². The molecule has 0 aliphatic heterocycles. The van der Waals surface area contributed by atoms with Gasteiger partial charge in [0.05, 0.1) is 17.3 Å². The van der Waals surface area contributed by atoms with Crippen LogP contribution in [0.25, 0.3) is 0 Å². The second-order valence-corrected chi connectivity index (χ2v) is 3.62. The lowest BCUT2D eigenvalue weighted by molar-refractivity contribution is -0.120. The van der Waals surface area contributed by atoms with Crippen LogP contribution in [0, 0.1) is 28.6 Å². The lowest BCUT2D eigenvalue weighted by atomic mass is 10.1. The zero-order chi connectivity index (χ0) is 12.8. The predicted octanol–water partition coefficient (Wildman–Crippen LogP) is 2.07. The van der Waals surface area contributed by atoms with Crippen molar-refractivity contribution in [3.63, 3.8) is 0 Å². The summed E-state index contributed by atoms with van der Waals surface area (Å²) in [5, 5.41) is 17.8. The molecule has 0 saturated carbocycles. The average Bonchev–Trinajstić information content (AvgIpc) is 2.39. The first-order chi connectivity index (χ1) is 8.15. The molecule has 0 aromatic heterocycles. The van der Waals surface area contributed by atoms with E-state index in [2.05, 4.69) is 0 Å². The van der Waals surface area contributed by atoms with Crippen molar-refractivity contribution in [3.8, 4) is 12.1 Å². The van der Waals surface area contributed by atoms with E-state index in [4.69, 9.17) is 10.5 Å². The number of anilines is 1. The summed E-state index contributed by atoms with van der Waals surface area (Å²) in [6, 6.07) is 10.8. The predicted molar refractivity (Wildman–Crippen MR) is 64.0 cm³/mol. The highest BCUT2D eigenvalue weighted by Gasteiger charge is 2.22. The molecule has 1 atom stereocenters. The van der Waals surface area contributed by atoms with Crippen molar-refractivity contribution in [1.82, 2.24) is 0 Å². The molecule has 17 heavy (non-hydrogen) atoms. The molecule has 1 unspecified atom stereocenters. The summed E-state index contributed by atoms with van der Waals surface area (Å²) in [6.07, 6.45) is 0.467. The largest absolute Gasteiger partial charge is 0.313 e. The molecule has 1 aromatic carbocycles. The van der Waals surface area contributed by atoms with Gasteiger partial charge < -0.3 is 4.90 Å². The van der Waals surface area contributed by atoms with Crippen molar-refractivity contribution in [2.45, 2.75) is 13.3 Å². The molecule has 0 heterocycles. The Hall–Kier alpha value is -2.33.